The Bertz CT molecular complexity index is 1060. The predicted octanol–water partition coefficient (Wildman–Crippen LogP) is 5.64. The minimum atomic E-state index is -0.908. The maximum absolute atomic E-state index is 14.3. The fourth-order valence-electron chi connectivity index (χ4n) is 4.30. The van der Waals surface area contributed by atoms with Crippen LogP contribution in [0.5, 0.6) is 0 Å². The molecule has 7 nitrogen and oxygen atoms in total. The second-order valence-electron chi connectivity index (χ2n) is 10.8. The van der Waals surface area contributed by atoms with Gasteiger partial charge in [0.25, 0.3) is 0 Å². The fourth-order valence-corrected chi connectivity index (χ4v) is 4.30. The second kappa shape index (κ2) is 14.6. The lowest BCUT2D eigenvalue weighted by molar-refractivity contribution is -0.142. The van der Waals surface area contributed by atoms with Crippen LogP contribution in [0.4, 0.5) is 4.79 Å². The number of alkyl carbamates (subject to hydrolysis) is 1. The number of ether oxygens (including phenoxy) is 1. The van der Waals surface area contributed by atoms with Crippen LogP contribution >= 0.6 is 0 Å². The molecule has 2 atom stereocenters. The molecule has 0 aromatic heterocycles. The number of benzene rings is 2. The van der Waals surface area contributed by atoms with E-state index in [2.05, 4.69) is 17.6 Å². The van der Waals surface area contributed by atoms with E-state index in [1.807, 2.05) is 69.3 Å². The summed E-state index contributed by atoms with van der Waals surface area (Å²) in [5, 5.41) is 5.84. The Morgan fingerprint density at radius 2 is 1.66 bits per heavy atom. The quantitative estimate of drug-likeness (QED) is 0.353. The summed E-state index contributed by atoms with van der Waals surface area (Å²) in [5.74, 6) is -0.539. The van der Waals surface area contributed by atoms with Crippen molar-refractivity contribution in [1.82, 2.24) is 15.5 Å². The van der Waals surface area contributed by atoms with Crippen LogP contribution in [0.1, 0.15) is 82.2 Å². The Balaban J connectivity index is 2.53. The number of nitrogens with zero attached hydrogens (tertiary/aromatic N) is 1. The third-order valence-corrected chi connectivity index (χ3v) is 6.14. The van der Waals surface area contributed by atoms with Crippen LogP contribution in [-0.4, -0.2) is 47.5 Å². The minimum Gasteiger partial charge on any atom is -0.444 e. The summed E-state index contributed by atoms with van der Waals surface area (Å²) in [6, 6.07) is 13.8. The zero-order valence-corrected chi connectivity index (χ0v) is 24.1. The summed E-state index contributed by atoms with van der Waals surface area (Å²) in [7, 11) is 0. The van der Waals surface area contributed by atoms with Crippen molar-refractivity contribution < 1.29 is 19.1 Å². The molecule has 0 fully saturated rings. The van der Waals surface area contributed by atoms with Crippen LogP contribution in [0.15, 0.2) is 48.5 Å². The second-order valence-corrected chi connectivity index (χ2v) is 10.8. The molecule has 2 aromatic rings. The van der Waals surface area contributed by atoms with Gasteiger partial charge in [0.05, 0.1) is 0 Å². The first-order valence-electron chi connectivity index (χ1n) is 13.7. The highest BCUT2D eigenvalue weighted by atomic mass is 16.6. The maximum Gasteiger partial charge on any atom is 0.408 e. The Hall–Kier alpha value is -3.35. The highest BCUT2D eigenvalue weighted by Gasteiger charge is 2.36. The third kappa shape index (κ3) is 9.51. The first-order chi connectivity index (χ1) is 18.0. The topological polar surface area (TPSA) is 87.7 Å². The van der Waals surface area contributed by atoms with E-state index in [1.54, 1.807) is 25.7 Å². The molecule has 0 bridgehead atoms. The Kier molecular flexibility index (Phi) is 11.8. The monoisotopic (exact) mass is 523 g/mol. The summed E-state index contributed by atoms with van der Waals surface area (Å²) in [5.41, 5.74) is 2.91. The van der Waals surface area contributed by atoms with Crippen molar-refractivity contribution >= 4 is 17.9 Å². The highest BCUT2D eigenvalue weighted by molar-refractivity contribution is 5.92. The molecule has 38 heavy (non-hydrogen) atoms. The molecule has 0 aliphatic carbocycles. The van der Waals surface area contributed by atoms with Gasteiger partial charge in [0.15, 0.2) is 0 Å². The predicted molar refractivity (Wildman–Crippen MR) is 152 cm³/mol. The first kappa shape index (κ1) is 30.9. The van der Waals surface area contributed by atoms with Gasteiger partial charge in [0.1, 0.15) is 17.7 Å². The van der Waals surface area contributed by atoms with Crippen molar-refractivity contribution in [2.24, 2.45) is 0 Å². The van der Waals surface area contributed by atoms with E-state index in [4.69, 9.17) is 4.74 Å². The van der Waals surface area contributed by atoms with Gasteiger partial charge in [-0.25, -0.2) is 4.79 Å². The molecule has 2 unspecified atom stereocenters. The Labute approximate surface area is 228 Å². The average molecular weight is 524 g/mol. The zero-order valence-electron chi connectivity index (χ0n) is 24.1. The first-order valence-corrected chi connectivity index (χ1v) is 13.7. The Morgan fingerprint density at radius 1 is 0.974 bits per heavy atom. The van der Waals surface area contributed by atoms with Crippen molar-refractivity contribution in [3.8, 4) is 0 Å². The molecule has 2 aromatic carbocycles. The van der Waals surface area contributed by atoms with Crippen molar-refractivity contribution in [2.75, 3.05) is 13.1 Å². The van der Waals surface area contributed by atoms with E-state index in [0.29, 0.717) is 19.5 Å². The largest absolute Gasteiger partial charge is 0.444 e. The zero-order chi connectivity index (χ0) is 28.3. The van der Waals surface area contributed by atoms with Crippen LogP contribution in [-0.2, 0) is 20.7 Å². The van der Waals surface area contributed by atoms with Crippen molar-refractivity contribution in [3.63, 3.8) is 0 Å². The molecule has 0 saturated heterocycles. The van der Waals surface area contributed by atoms with Gasteiger partial charge in [0.2, 0.25) is 11.8 Å². The van der Waals surface area contributed by atoms with E-state index in [9.17, 15) is 14.4 Å². The average Bonchev–Trinajstić information content (AvgIpc) is 2.84. The van der Waals surface area contributed by atoms with Crippen LogP contribution < -0.4 is 10.6 Å². The van der Waals surface area contributed by atoms with Gasteiger partial charge in [-0.2, -0.15) is 0 Å². The normalized spacial score (nSPS) is 12.8. The van der Waals surface area contributed by atoms with Crippen molar-refractivity contribution in [3.05, 3.63) is 70.8 Å². The van der Waals surface area contributed by atoms with E-state index >= 15 is 0 Å². The number of amides is 3. The summed E-state index contributed by atoms with van der Waals surface area (Å²) < 4.78 is 5.49. The van der Waals surface area contributed by atoms with Crippen molar-refractivity contribution in [2.45, 2.75) is 91.8 Å². The lowest BCUT2D eigenvalue weighted by Crippen LogP contribution is -2.54. The molecule has 2 N–H and O–H groups in total. The molecule has 208 valence electrons. The fraction of sp³-hybridized carbons (Fsp3) is 0.516. The smallest absolute Gasteiger partial charge is 0.408 e. The molecule has 0 heterocycles. The van der Waals surface area contributed by atoms with E-state index < -0.39 is 23.8 Å². The molecule has 0 aliphatic rings. The minimum absolute atomic E-state index is 0.218. The van der Waals surface area contributed by atoms with E-state index in [-0.39, 0.29) is 18.2 Å². The van der Waals surface area contributed by atoms with Gasteiger partial charge in [-0.3, -0.25) is 9.59 Å². The molecular formula is C31H45N3O4. The lowest BCUT2D eigenvalue weighted by atomic mass is 9.95. The number of nitrogens with one attached hydrogen (secondary N) is 2. The van der Waals surface area contributed by atoms with Crippen LogP contribution in [0.3, 0.4) is 0 Å². The van der Waals surface area contributed by atoms with Gasteiger partial charge in [0, 0.05) is 19.5 Å². The number of carbonyl (C=O) groups excluding carboxylic acids is 3. The molecule has 2 rings (SSSR count). The van der Waals surface area contributed by atoms with Crippen LogP contribution in [0.25, 0.3) is 0 Å². The van der Waals surface area contributed by atoms with Crippen LogP contribution in [0.2, 0.25) is 0 Å². The molecule has 0 saturated carbocycles. The lowest BCUT2D eigenvalue weighted by Gasteiger charge is -2.35. The number of hydrogen-bond donors (Lipinski definition) is 2. The number of carbonyl (C=O) groups is 3. The number of unbranched alkanes of at least 4 members (excludes halogenated alkanes) is 1. The van der Waals surface area contributed by atoms with E-state index in [0.717, 1.165) is 35.1 Å². The summed E-state index contributed by atoms with van der Waals surface area (Å²) in [4.78, 5) is 42.4. The van der Waals surface area contributed by atoms with Gasteiger partial charge in [-0.05, 0) is 64.2 Å². The summed E-state index contributed by atoms with van der Waals surface area (Å²) >= 11 is 0. The molecule has 0 aliphatic heterocycles. The molecular weight excluding hydrogens is 478 g/mol. The van der Waals surface area contributed by atoms with Crippen LogP contribution in [0, 0.1) is 13.8 Å². The standard InChI is InChI=1S/C31H45N3O4/c1-8-10-18-32-28(35)27(25-20-22(3)16-17-23(25)4)34(19-9-2)29(36)26(21-24-14-12-11-13-15-24)33-30(37)38-31(5,6)7/h11-17,20,26-27H,8-10,18-19,21H2,1-7H3,(H,32,35)(H,33,37). The molecule has 7 heteroatoms. The third-order valence-electron chi connectivity index (χ3n) is 6.14. The molecule has 0 radical (unpaired) electrons. The molecule has 0 spiro atoms. The number of hydrogen-bond acceptors (Lipinski definition) is 4. The number of rotatable bonds is 12. The molecule has 3 amide bonds. The SMILES string of the molecule is CCCCNC(=O)C(c1cc(C)ccc1C)N(CCC)C(=O)C(Cc1ccccc1)NC(=O)OC(C)(C)C. The van der Waals surface area contributed by atoms with E-state index in [1.165, 1.54) is 0 Å². The highest BCUT2D eigenvalue weighted by Crippen LogP contribution is 2.27. The van der Waals surface area contributed by atoms with Gasteiger partial charge >= 0.3 is 6.09 Å². The van der Waals surface area contributed by atoms with Gasteiger partial charge < -0.3 is 20.3 Å². The maximum atomic E-state index is 14.3. The van der Waals surface area contributed by atoms with Crippen molar-refractivity contribution in [1.29, 1.82) is 0 Å². The summed E-state index contributed by atoms with van der Waals surface area (Å²) in [6.45, 7) is 14.2. The number of aryl methyl sites for hydroxylation is 2. The summed E-state index contributed by atoms with van der Waals surface area (Å²) in [6.07, 6.45) is 2.06. The van der Waals surface area contributed by atoms with Gasteiger partial charge in [-0.1, -0.05) is 74.4 Å². The Morgan fingerprint density at radius 3 is 2.26 bits per heavy atom. The van der Waals surface area contributed by atoms with Gasteiger partial charge in [-0.15, -0.1) is 0 Å².